The zero-order chi connectivity index (χ0) is 17.3. The van der Waals surface area contributed by atoms with Crippen molar-refractivity contribution in [3.05, 3.63) is 58.7 Å². The highest BCUT2D eigenvalue weighted by atomic mass is 16.4. The van der Waals surface area contributed by atoms with Gasteiger partial charge in [0, 0.05) is 16.6 Å². The van der Waals surface area contributed by atoms with E-state index in [2.05, 4.69) is 37.0 Å². The Bertz CT molecular complexity index is 889. The fraction of sp³-hybridized carbons (Fsp3) is 0.250. The number of aromatic nitrogens is 1. The summed E-state index contributed by atoms with van der Waals surface area (Å²) in [6.45, 7) is 4.73. The van der Waals surface area contributed by atoms with E-state index < -0.39 is 5.97 Å². The monoisotopic (exact) mass is 322 g/mol. The first-order valence-corrected chi connectivity index (χ1v) is 8.12. The number of aliphatic carboxylic acids is 1. The number of rotatable bonds is 5. The number of nitrogens with two attached hydrogens (primary N) is 1. The summed E-state index contributed by atoms with van der Waals surface area (Å²) in [4.78, 5) is 14.5. The number of aromatic amines is 1. The van der Waals surface area contributed by atoms with Crippen LogP contribution in [0.25, 0.3) is 22.2 Å². The fourth-order valence-electron chi connectivity index (χ4n) is 3.35. The Morgan fingerprint density at radius 3 is 2.46 bits per heavy atom. The molecule has 4 heteroatoms. The number of aryl methyl sites for hydroxylation is 2. The second-order valence-electron chi connectivity index (χ2n) is 6.34. The Labute approximate surface area is 141 Å². The molecule has 0 aliphatic rings. The van der Waals surface area contributed by atoms with Gasteiger partial charge in [0.1, 0.15) is 0 Å². The Balaban J connectivity index is 2.20. The topological polar surface area (TPSA) is 79.1 Å². The summed E-state index contributed by atoms with van der Waals surface area (Å²) in [6.07, 6.45) is 0.779. The molecular formula is C20H22N2O2. The summed E-state index contributed by atoms with van der Waals surface area (Å²) in [5.41, 5.74) is 13.5. The van der Waals surface area contributed by atoms with Gasteiger partial charge in [0.15, 0.2) is 0 Å². The SMILES string of the molecule is Cc1cc(C)cc(-c2[nH]c3ccc(CC(=O)O)cc3c2CCN)c1. The molecule has 3 rings (SSSR count). The molecule has 0 atom stereocenters. The van der Waals surface area contributed by atoms with Gasteiger partial charge in [0.25, 0.3) is 0 Å². The lowest BCUT2D eigenvalue weighted by molar-refractivity contribution is -0.136. The van der Waals surface area contributed by atoms with Crippen LogP contribution in [0.4, 0.5) is 0 Å². The number of carboxylic acid groups (broad SMARTS) is 1. The molecule has 0 saturated carbocycles. The highest BCUT2D eigenvalue weighted by Crippen LogP contribution is 2.32. The number of hydrogen-bond acceptors (Lipinski definition) is 2. The van der Waals surface area contributed by atoms with Crippen LogP contribution in [0.5, 0.6) is 0 Å². The van der Waals surface area contributed by atoms with Crippen molar-refractivity contribution in [2.45, 2.75) is 26.7 Å². The van der Waals surface area contributed by atoms with E-state index in [9.17, 15) is 4.79 Å². The molecule has 0 unspecified atom stereocenters. The maximum Gasteiger partial charge on any atom is 0.307 e. The number of fused-ring (bicyclic) bond motifs is 1. The molecule has 1 aromatic heterocycles. The third-order valence-corrected chi connectivity index (χ3v) is 4.23. The van der Waals surface area contributed by atoms with Gasteiger partial charge in [-0.05, 0) is 67.8 Å². The highest BCUT2D eigenvalue weighted by molar-refractivity contribution is 5.92. The Morgan fingerprint density at radius 2 is 1.83 bits per heavy atom. The van der Waals surface area contributed by atoms with Crippen LogP contribution >= 0.6 is 0 Å². The van der Waals surface area contributed by atoms with Gasteiger partial charge in [-0.2, -0.15) is 0 Å². The lowest BCUT2D eigenvalue weighted by Crippen LogP contribution is -2.04. The fourth-order valence-corrected chi connectivity index (χ4v) is 3.35. The first kappa shape index (κ1) is 16.3. The third kappa shape index (κ3) is 3.19. The molecule has 0 amide bonds. The zero-order valence-electron chi connectivity index (χ0n) is 14.0. The average molecular weight is 322 g/mol. The summed E-state index contributed by atoms with van der Waals surface area (Å²) in [5, 5.41) is 10.1. The van der Waals surface area contributed by atoms with Crippen LogP contribution in [0, 0.1) is 13.8 Å². The molecule has 0 bridgehead atoms. The quantitative estimate of drug-likeness (QED) is 0.672. The molecule has 4 nitrogen and oxygen atoms in total. The van der Waals surface area contributed by atoms with E-state index in [1.54, 1.807) is 0 Å². The molecule has 124 valence electrons. The van der Waals surface area contributed by atoms with E-state index in [4.69, 9.17) is 10.8 Å². The lowest BCUT2D eigenvalue weighted by atomic mass is 9.98. The van der Waals surface area contributed by atoms with Crippen molar-refractivity contribution >= 4 is 16.9 Å². The predicted octanol–water partition coefficient (Wildman–Crippen LogP) is 3.58. The van der Waals surface area contributed by atoms with Crippen LogP contribution in [0.15, 0.2) is 36.4 Å². The molecule has 3 aromatic rings. The average Bonchev–Trinajstić information content (AvgIpc) is 2.84. The smallest absolute Gasteiger partial charge is 0.307 e. The van der Waals surface area contributed by atoms with Crippen molar-refractivity contribution in [3.63, 3.8) is 0 Å². The molecule has 0 saturated heterocycles. The number of carboxylic acids is 1. The third-order valence-electron chi connectivity index (χ3n) is 4.23. The summed E-state index contributed by atoms with van der Waals surface area (Å²) in [6, 6.07) is 12.3. The molecule has 2 aromatic carbocycles. The van der Waals surface area contributed by atoms with Crippen LogP contribution in [0.2, 0.25) is 0 Å². The highest BCUT2D eigenvalue weighted by Gasteiger charge is 2.14. The van der Waals surface area contributed by atoms with Crippen LogP contribution in [0.3, 0.4) is 0 Å². The van der Waals surface area contributed by atoms with E-state index in [0.717, 1.165) is 39.7 Å². The summed E-state index contributed by atoms with van der Waals surface area (Å²) < 4.78 is 0. The summed E-state index contributed by atoms with van der Waals surface area (Å²) in [5.74, 6) is -0.820. The Hall–Kier alpha value is -2.59. The number of hydrogen-bond donors (Lipinski definition) is 3. The Morgan fingerprint density at radius 1 is 1.12 bits per heavy atom. The van der Waals surface area contributed by atoms with Gasteiger partial charge in [-0.3, -0.25) is 4.79 Å². The number of benzene rings is 2. The van der Waals surface area contributed by atoms with E-state index in [1.807, 2.05) is 18.2 Å². The number of carbonyl (C=O) groups is 1. The normalized spacial score (nSPS) is 11.1. The first-order valence-electron chi connectivity index (χ1n) is 8.12. The molecular weight excluding hydrogens is 300 g/mol. The van der Waals surface area contributed by atoms with E-state index in [0.29, 0.717) is 6.54 Å². The van der Waals surface area contributed by atoms with Crippen molar-refractivity contribution in [1.82, 2.24) is 4.98 Å². The van der Waals surface area contributed by atoms with Gasteiger partial charge < -0.3 is 15.8 Å². The van der Waals surface area contributed by atoms with Gasteiger partial charge in [-0.15, -0.1) is 0 Å². The van der Waals surface area contributed by atoms with Crippen LogP contribution in [-0.2, 0) is 17.6 Å². The van der Waals surface area contributed by atoms with Crippen molar-refractivity contribution in [3.8, 4) is 11.3 Å². The molecule has 1 heterocycles. The van der Waals surface area contributed by atoms with Gasteiger partial charge in [-0.1, -0.05) is 23.3 Å². The van der Waals surface area contributed by atoms with Crippen LogP contribution in [0.1, 0.15) is 22.3 Å². The second-order valence-corrected chi connectivity index (χ2v) is 6.34. The lowest BCUT2D eigenvalue weighted by Gasteiger charge is -2.07. The summed E-state index contributed by atoms with van der Waals surface area (Å²) in [7, 11) is 0. The second kappa shape index (κ2) is 6.49. The van der Waals surface area contributed by atoms with Gasteiger partial charge >= 0.3 is 5.97 Å². The minimum atomic E-state index is -0.820. The molecule has 0 aliphatic heterocycles. The first-order chi connectivity index (χ1) is 11.5. The largest absolute Gasteiger partial charge is 0.481 e. The molecule has 4 N–H and O–H groups in total. The molecule has 0 spiro atoms. The van der Waals surface area contributed by atoms with E-state index in [-0.39, 0.29) is 6.42 Å². The number of nitrogens with one attached hydrogen (secondary N) is 1. The molecule has 0 fully saturated rings. The van der Waals surface area contributed by atoms with Crippen LogP contribution in [-0.4, -0.2) is 22.6 Å². The predicted molar refractivity (Wildman–Crippen MR) is 97.3 cm³/mol. The maximum absolute atomic E-state index is 11.0. The molecule has 0 radical (unpaired) electrons. The minimum absolute atomic E-state index is 0.0298. The van der Waals surface area contributed by atoms with Crippen LogP contribution < -0.4 is 5.73 Å². The van der Waals surface area contributed by atoms with Crippen molar-refractivity contribution in [2.75, 3.05) is 6.54 Å². The van der Waals surface area contributed by atoms with E-state index in [1.165, 1.54) is 11.1 Å². The molecule has 24 heavy (non-hydrogen) atoms. The standard InChI is InChI=1S/C20H22N2O2/c1-12-7-13(2)9-15(8-12)20-16(5-6-21)17-10-14(11-19(23)24)3-4-18(17)22-20/h3-4,7-10,22H,5-6,11,21H2,1-2H3,(H,23,24). The van der Waals surface area contributed by atoms with Crippen molar-refractivity contribution in [1.29, 1.82) is 0 Å². The van der Waals surface area contributed by atoms with Gasteiger partial charge in [0.05, 0.1) is 6.42 Å². The molecule has 0 aliphatic carbocycles. The zero-order valence-corrected chi connectivity index (χ0v) is 14.0. The summed E-state index contributed by atoms with van der Waals surface area (Å²) >= 11 is 0. The number of H-pyrrole nitrogens is 1. The maximum atomic E-state index is 11.0. The van der Waals surface area contributed by atoms with E-state index >= 15 is 0 Å². The Kier molecular flexibility index (Phi) is 4.40. The van der Waals surface area contributed by atoms with Crippen molar-refractivity contribution in [2.24, 2.45) is 5.73 Å². The van der Waals surface area contributed by atoms with Gasteiger partial charge in [-0.25, -0.2) is 0 Å². The minimum Gasteiger partial charge on any atom is -0.481 e. The van der Waals surface area contributed by atoms with Gasteiger partial charge in [0.2, 0.25) is 0 Å². The van der Waals surface area contributed by atoms with Crippen molar-refractivity contribution < 1.29 is 9.90 Å².